The second-order valence-electron chi connectivity index (χ2n) is 17.8. The Labute approximate surface area is 312 Å². The number of carbonyl (C=O) groups is 3. The van der Waals surface area contributed by atoms with Crippen LogP contribution in [0.3, 0.4) is 0 Å². The molecule has 4 heterocycles. The van der Waals surface area contributed by atoms with Crippen molar-refractivity contribution in [2.24, 2.45) is 5.92 Å². The summed E-state index contributed by atoms with van der Waals surface area (Å²) in [4.78, 5) is 52.8. The summed E-state index contributed by atoms with van der Waals surface area (Å²) in [6.45, 7) is 17.2. The van der Waals surface area contributed by atoms with Crippen LogP contribution >= 0.6 is 0 Å². The van der Waals surface area contributed by atoms with E-state index in [-0.39, 0.29) is 41.1 Å². The molecular formula is C43H62N6O3. The van der Waals surface area contributed by atoms with Crippen LogP contribution in [0.25, 0.3) is 0 Å². The zero-order valence-electron chi connectivity index (χ0n) is 32.5. The van der Waals surface area contributed by atoms with E-state index in [1.807, 2.05) is 28.0 Å². The van der Waals surface area contributed by atoms with Crippen molar-refractivity contribution in [3.8, 4) is 0 Å². The van der Waals surface area contributed by atoms with Crippen molar-refractivity contribution in [1.82, 2.24) is 24.5 Å². The van der Waals surface area contributed by atoms with Gasteiger partial charge in [0.25, 0.3) is 0 Å². The minimum atomic E-state index is -0.391. The molecule has 3 fully saturated rings. The molecule has 0 saturated carbocycles. The summed E-state index contributed by atoms with van der Waals surface area (Å²) >= 11 is 0. The number of piperidine rings is 2. The van der Waals surface area contributed by atoms with Crippen LogP contribution < -0.4 is 5.32 Å². The number of fused-ring (bicyclic) bond motifs is 2. The van der Waals surface area contributed by atoms with Gasteiger partial charge in [-0.3, -0.25) is 14.5 Å². The lowest BCUT2D eigenvalue weighted by Crippen LogP contribution is -2.53. The lowest BCUT2D eigenvalue weighted by atomic mass is 9.63. The van der Waals surface area contributed by atoms with E-state index in [4.69, 9.17) is 0 Å². The van der Waals surface area contributed by atoms with Crippen LogP contribution in [-0.4, -0.2) is 120 Å². The lowest BCUT2D eigenvalue weighted by molar-refractivity contribution is -0.143. The number of anilines is 1. The number of likely N-dealkylation sites (tertiary alicyclic amines) is 2. The molecule has 2 aromatic rings. The molecule has 7 rings (SSSR count). The van der Waals surface area contributed by atoms with Crippen LogP contribution in [0.4, 0.5) is 10.5 Å². The fourth-order valence-corrected chi connectivity index (χ4v) is 9.70. The first-order valence-corrected chi connectivity index (χ1v) is 20.2. The first kappa shape index (κ1) is 36.9. The van der Waals surface area contributed by atoms with Gasteiger partial charge in [0.1, 0.15) is 0 Å². The molecule has 9 heteroatoms. The molecule has 0 bridgehead atoms. The Morgan fingerprint density at radius 2 is 1.40 bits per heavy atom. The van der Waals surface area contributed by atoms with Crippen LogP contribution in [0.5, 0.6) is 0 Å². The third-order valence-corrected chi connectivity index (χ3v) is 13.4. The van der Waals surface area contributed by atoms with Crippen molar-refractivity contribution in [3.63, 3.8) is 0 Å². The van der Waals surface area contributed by atoms with Gasteiger partial charge in [-0.15, -0.1) is 0 Å². The van der Waals surface area contributed by atoms with E-state index in [1.54, 1.807) is 0 Å². The van der Waals surface area contributed by atoms with E-state index in [1.165, 1.54) is 17.5 Å². The molecule has 52 heavy (non-hydrogen) atoms. The maximum atomic E-state index is 14.5. The maximum absolute atomic E-state index is 14.5. The molecule has 2 aromatic carbocycles. The summed E-state index contributed by atoms with van der Waals surface area (Å²) in [5, 5.41) is 3.11. The number of carbonyl (C=O) groups excluding carboxylic acids is 3. The zero-order valence-corrected chi connectivity index (χ0v) is 32.5. The second-order valence-corrected chi connectivity index (χ2v) is 17.8. The normalized spacial score (nSPS) is 23.7. The van der Waals surface area contributed by atoms with E-state index in [9.17, 15) is 14.4 Å². The first-order chi connectivity index (χ1) is 24.9. The molecule has 0 radical (unpaired) electrons. The van der Waals surface area contributed by atoms with Crippen molar-refractivity contribution >= 4 is 23.5 Å². The van der Waals surface area contributed by atoms with Gasteiger partial charge in [0.05, 0.1) is 5.92 Å². The zero-order chi connectivity index (χ0) is 36.6. The van der Waals surface area contributed by atoms with Gasteiger partial charge in [0, 0.05) is 83.1 Å². The standard InChI is InChI=1S/C43H62N6O3/c1-42(2)17-18-43(3,4)37-29-31(10-11-36(37)42)28-33(40(51)48-21-13-34(14-22-48)46-26-24-45(5)25-27-46)30-39(50)47-19-15-35(16-20-47)49-23-12-32-8-6-7-9-38(32)44-41(49)52/h6-11,29,33-35H,12-28,30H2,1-5H3,(H,44,52). The highest BCUT2D eigenvalue weighted by molar-refractivity contribution is 5.91. The smallest absolute Gasteiger partial charge is 0.322 e. The summed E-state index contributed by atoms with van der Waals surface area (Å²) in [6, 6.07) is 15.5. The highest BCUT2D eigenvalue weighted by Gasteiger charge is 2.39. The van der Waals surface area contributed by atoms with Crippen molar-refractivity contribution in [2.45, 2.75) is 108 Å². The summed E-state index contributed by atoms with van der Waals surface area (Å²) in [6.07, 6.45) is 7.45. The van der Waals surface area contributed by atoms with Gasteiger partial charge < -0.3 is 24.9 Å². The predicted molar refractivity (Wildman–Crippen MR) is 208 cm³/mol. The maximum Gasteiger partial charge on any atom is 0.322 e. The van der Waals surface area contributed by atoms with E-state index >= 15 is 0 Å². The van der Waals surface area contributed by atoms with Crippen LogP contribution in [0.15, 0.2) is 42.5 Å². The number of rotatable bonds is 7. The van der Waals surface area contributed by atoms with Crippen molar-refractivity contribution in [3.05, 3.63) is 64.7 Å². The minimum Gasteiger partial charge on any atom is -0.343 e. The molecule has 1 N–H and O–H groups in total. The van der Waals surface area contributed by atoms with Gasteiger partial charge >= 0.3 is 6.03 Å². The van der Waals surface area contributed by atoms with Crippen LogP contribution in [0, 0.1) is 5.92 Å². The van der Waals surface area contributed by atoms with Crippen molar-refractivity contribution in [1.29, 1.82) is 0 Å². The summed E-state index contributed by atoms with van der Waals surface area (Å²) in [5.74, 6) is -0.187. The van der Waals surface area contributed by atoms with E-state index in [0.717, 1.165) is 94.6 Å². The number of para-hydroxylation sites is 1. The second kappa shape index (κ2) is 15.1. The third kappa shape index (κ3) is 7.91. The minimum absolute atomic E-state index is 0.0478. The molecule has 9 nitrogen and oxygen atoms in total. The highest BCUT2D eigenvalue weighted by atomic mass is 16.2. The molecule has 282 valence electrons. The molecular weight excluding hydrogens is 649 g/mol. The number of hydrogen-bond acceptors (Lipinski definition) is 5. The number of piperazine rings is 1. The van der Waals surface area contributed by atoms with Gasteiger partial charge in [0.2, 0.25) is 11.8 Å². The Morgan fingerprint density at radius 3 is 2.12 bits per heavy atom. The Morgan fingerprint density at radius 1 is 0.769 bits per heavy atom. The van der Waals surface area contributed by atoms with Gasteiger partial charge in [0.15, 0.2) is 0 Å². The Kier molecular flexibility index (Phi) is 10.7. The summed E-state index contributed by atoms with van der Waals surface area (Å²) in [7, 11) is 2.19. The molecule has 0 aromatic heterocycles. The fraction of sp³-hybridized carbons (Fsp3) is 0.651. The molecule has 3 saturated heterocycles. The van der Waals surface area contributed by atoms with Crippen LogP contribution in [-0.2, 0) is 33.3 Å². The van der Waals surface area contributed by atoms with Crippen molar-refractivity contribution < 1.29 is 14.4 Å². The van der Waals surface area contributed by atoms with Gasteiger partial charge in [-0.05, 0) is 97.6 Å². The van der Waals surface area contributed by atoms with Gasteiger partial charge in [-0.1, -0.05) is 64.1 Å². The van der Waals surface area contributed by atoms with Crippen LogP contribution in [0.1, 0.15) is 94.9 Å². The number of amides is 4. The summed E-state index contributed by atoms with van der Waals surface area (Å²) < 4.78 is 0. The first-order valence-electron chi connectivity index (χ1n) is 20.2. The van der Waals surface area contributed by atoms with E-state index in [2.05, 4.69) is 79.0 Å². The predicted octanol–water partition coefficient (Wildman–Crippen LogP) is 5.90. The quantitative estimate of drug-likeness (QED) is 0.387. The summed E-state index contributed by atoms with van der Waals surface area (Å²) in [5.41, 5.74) is 6.25. The molecule has 0 spiro atoms. The highest BCUT2D eigenvalue weighted by Crippen LogP contribution is 2.46. The lowest BCUT2D eigenvalue weighted by Gasteiger charge is -2.43. The largest absolute Gasteiger partial charge is 0.343 e. The number of urea groups is 1. The Bertz CT molecular complexity index is 1610. The van der Waals surface area contributed by atoms with Gasteiger partial charge in [-0.2, -0.15) is 0 Å². The average molecular weight is 711 g/mol. The van der Waals surface area contributed by atoms with Crippen LogP contribution in [0.2, 0.25) is 0 Å². The topological polar surface area (TPSA) is 79.4 Å². The molecule has 1 aliphatic carbocycles. The Hall–Kier alpha value is -3.43. The van der Waals surface area contributed by atoms with Gasteiger partial charge in [-0.25, -0.2) is 4.79 Å². The molecule has 4 aliphatic heterocycles. The average Bonchev–Trinajstić information content (AvgIpc) is 3.31. The molecule has 1 atom stereocenters. The van der Waals surface area contributed by atoms with E-state index in [0.29, 0.717) is 32.1 Å². The molecule has 1 unspecified atom stereocenters. The van der Waals surface area contributed by atoms with Crippen molar-refractivity contribution in [2.75, 3.05) is 71.3 Å². The third-order valence-electron chi connectivity index (χ3n) is 13.4. The fourth-order valence-electron chi connectivity index (χ4n) is 9.70. The number of nitrogens with zero attached hydrogens (tertiary/aromatic N) is 5. The monoisotopic (exact) mass is 710 g/mol. The molecule has 5 aliphatic rings. The van der Waals surface area contributed by atoms with E-state index < -0.39 is 5.92 Å². The number of likely N-dealkylation sites (N-methyl/N-ethyl adjacent to an activating group) is 1. The number of benzene rings is 2. The number of hydrogen-bond donors (Lipinski definition) is 1. The SMILES string of the molecule is CN1CCN(C2CCN(C(=O)C(CC(=O)N3CCC(N4CCc5ccccc5NC4=O)CC3)Cc3ccc4c(c3)C(C)(C)CCC4(C)C)CC2)CC1. The number of nitrogens with one attached hydrogen (secondary N) is 1. The molecule has 4 amide bonds. The Balaban J connectivity index is 1.03.